The highest BCUT2D eigenvalue weighted by molar-refractivity contribution is 6.30. The fraction of sp³-hybridized carbons (Fsp3) is 0.214. The summed E-state index contributed by atoms with van der Waals surface area (Å²) in [5, 5.41) is 2.92. The van der Waals surface area contributed by atoms with Gasteiger partial charge in [-0.15, -0.1) is 0 Å². The fourth-order valence-electron chi connectivity index (χ4n) is 5.59. The number of carbonyl (C=O) groups excluding carboxylic acids is 2. The SMILES string of the molecule is CC(=O)OC1c2c(c3c(n2-c2ccc(Cl)cc2)-c2cccc4cccc-3c24)C(=O)CC1(C)C. The number of nitrogens with zero attached hydrogens (tertiary/aromatic N) is 1. The lowest BCUT2D eigenvalue weighted by molar-refractivity contribution is -0.154. The van der Waals surface area contributed by atoms with Gasteiger partial charge in [0.05, 0.1) is 17.0 Å². The van der Waals surface area contributed by atoms with Crippen molar-refractivity contribution < 1.29 is 14.3 Å². The smallest absolute Gasteiger partial charge is 0.303 e. The standard InChI is InChI=1S/C28H22ClNO3/c1-15(31)33-27-26-24(21(32)14-28(27,2)3)23-19-8-4-6-16-7-5-9-20(22(16)19)25(23)30(26)18-12-10-17(29)11-13-18/h4-13,27H,14H2,1-3H3. The zero-order valence-electron chi connectivity index (χ0n) is 18.6. The molecule has 4 nitrogen and oxygen atoms in total. The molecule has 4 aromatic rings. The van der Waals surface area contributed by atoms with E-state index in [1.165, 1.54) is 6.92 Å². The number of hydrogen-bond acceptors (Lipinski definition) is 3. The largest absolute Gasteiger partial charge is 0.455 e. The maximum atomic E-state index is 13.7. The number of halogens is 1. The van der Waals surface area contributed by atoms with E-state index >= 15 is 0 Å². The molecule has 164 valence electrons. The topological polar surface area (TPSA) is 48.3 Å². The van der Waals surface area contributed by atoms with Gasteiger partial charge in [0.15, 0.2) is 5.78 Å². The van der Waals surface area contributed by atoms with Crippen molar-refractivity contribution in [1.29, 1.82) is 0 Å². The highest BCUT2D eigenvalue weighted by Gasteiger charge is 2.48. The van der Waals surface area contributed by atoms with Crippen LogP contribution in [0.5, 0.6) is 0 Å². The molecule has 0 saturated carbocycles. The molecule has 0 fully saturated rings. The number of rotatable bonds is 2. The second-order valence-corrected chi connectivity index (χ2v) is 10.0. The van der Waals surface area contributed by atoms with Crippen LogP contribution in [0.2, 0.25) is 5.02 Å². The van der Waals surface area contributed by atoms with Gasteiger partial charge >= 0.3 is 5.97 Å². The molecule has 0 aliphatic heterocycles. The van der Waals surface area contributed by atoms with Crippen molar-refractivity contribution in [2.24, 2.45) is 5.41 Å². The maximum Gasteiger partial charge on any atom is 0.303 e. The van der Waals surface area contributed by atoms with Gasteiger partial charge in [-0.05, 0) is 40.6 Å². The molecule has 0 radical (unpaired) electrons. The summed E-state index contributed by atoms with van der Waals surface area (Å²) in [5.74, 6) is -0.285. The van der Waals surface area contributed by atoms with Crippen LogP contribution in [-0.2, 0) is 9.53 Å². The van der Waals surface area contributed by atoms with Crippen molar-refractivity contribution >= 4 is 34.1 Å². The van der Waals surface area contributed by atoms with Crippen LogP contribution in [0, 0.1) is 5.41 Å². The number of hydrogen-bond donors (Lipinski definition) is 0. The summed E-state index contributed by atoms with van der Waals surface area (Å²) in [6.07, 6.45) is -0.253. The number of benzene rings is 3. The van der Waals surface area contributed by atoms with Crippen molar-refractivity contribution in [1.82, 2.24) is 4.57 Å². The molecule has 1 unspecified atom stereocenters. The molecule has 2 aliphatic carbocycles. The van der Waals surface area contributed by atoms with E-state index in [1.54, 1.807) is 0 Å². The van der Waals surface area contributed by atoms with Gasteiger partial charge in [0.25, 0.3) is 0 Å². The molecule has 6 rings (SSSR count). The van der Waals surface area contributed by atoms with Gasteiger partial charge in [0, 0.05) is 40.6 Å². The predicted molar refractivity (Wildman–Crippen MR) is 130 cm³/mol. The highest BCUT2D eigenvalue weighted by atomic mass is 35.5. The Labute approximate surface area is 196 Å². The lowest BCUT2D eigenvalue weighted by Gasteiger charge is -2.38. The monoisotopic (exact) mass is 455 g/mol. The van der Waals surface area contributed by atoms with Crippen molar-refractivity contribution in [3.8, 4) is 28.1 Å². The van der Waals surface area contributed by atoms with E-state index in [9.17, 15) is 9.59 Å². The second kappa shape index (κ2) is 6.82. The fourth-order valence-corrected chi connectivity index (χ4v) is 5.72. The van der Waals surface area contributed by atoms with E-state index < -0.39 is 11.5 Å². The summed E-state index contributed by atoms with van der Waals surface area (Å²) in [7, 11) is 0. The van der Waals surface area contributed by atoms with E-state index in [-0.39, 0.29) is 11.8 Å². The Balaban J connectivity index is 1.78. The van der Waals surface area contributed by atoms with Crippen molar-refractivity contribution in [2.75, 3.05) is 0 Å². The number of ketones is 1. The number of aromatic nitrogens is 1. The van der Waals surface area contributed by atoms with E-state index in [0.29, 0.717) is 17.0 Å². The first-order valence-corrected chi connectivity index (χ1v) is 11.4. The quantitative estimate of drug-likeness (QED) is 0.265. The molecule has 0 N–H and O–H groups in total. The van der Waals surface area contributed by atoms with Crippen molar-refractivity contribution in [3.63, 3.8) is 0 Å². The number of ether oxygens (including phenoxy) is 1. The van der Waals surface area contributed by atoms with Crippen LogP contribution >= 0.6 is 11.6 Å². The average molecular weight is 456 g/mol. The highest BCUT2D eigenvalue weighted by Crippen LogP contribution is 2.57. The Morgan fingerprint density at radius 1 is 1.00 bits per heavy atom. The van der Waals surface area contributed by atoms with Crippen LogP contribution in [0.25, 0.3) is 38.8 Å². The molecule has 0 saturated heterocycles. The van der Waals surface area contributed by atoms with Crippen LogP contribution < -0.4 is 0 Å². The molecule has 1 atom stereocenters. The van der Waals surface area contributed by atoms with Crippen LogP contribution in [0.3, 0.4) is 0 Å². The third-order valence-electron chi connectivity index (χ3n) is 6.86. The van der Waals surface area contributed by atoms with Crippen LogP contribution in [0.15, 0.2) is 60.7 Å². The molecule has 0 amide bonds. The van der Waals surface area contributed by atoms with Gasteiger partial charge in [-0.3, -0.25) is 9.59 Å². The summed E-state index contributed by atoms with van der Waals surface area (Å²) in [6.45, 7) is 5.40. The van der Waals surface area contributed by atoms with Gasteiger partial charge in [-0.1, -0.05) is 61.8 Å². The molecule has 1 aromatic heterocycles. The average Bonchev–Trinajstić information content (AvgIpc) is 3.27. The van der Waals surface area contributed by atoms with Crippen LogP contribution in [0.4, 0.5) is 0 Å². The molecule has 33 heavy (non-hydrogen) atoms. The summed E-state index contributed by atoms with van der Waals surface area (Å²) >= 11 is 6.21. The molecule has 5 heteroatoms. The Morgan fingerprint density at radius 3 is 2.33 bits per heavy atom. The molecule has 1 heterocycles. The second-order valence-electron chi connectivity index (χ2n) is 9.58. The summed E-state index contributed by atoms with van der Waals surface area (Å²) in [6, 6.07) is 20.0. The molecule has 0 bridgehead atoms. The summed E-state index contributed by atoms with van der Waals surface area (Å²) in [4.78, 5) is 25.9. The number of carbonyl (C=O) groups is 2. The van der Waals surface area contributed by atoms with Gasteiger partial charge in [0.1, 0.15) is 6.10 Å². The first kappa shape index (κ1) is 20.3. The molecular weight excluding hydrogens is 434 g/mol. The van der Waals surface area contributed by atoms with Crippen molar-refractivity contribution in [3.05, 3.63) is 76.9 Å². The predicted octanol–water partition coefficient (Wildman–Crippen LogP) is 7.15. The molecule has 0 spiro atoms. The Morgan fingerprint density at radius 2 is 1.67 bits per heavy atom. The first-order valence-electron chi connectivity index (χ1n) is 11.1. The van der Waals surface area contributed by atoms with Gasteiger partial charge in [0.2, 0.25) is 0 Å². The number of Topliss-reactive ketones (excluding diaryl/α,β-unsaturated/α-hetero) is 1. The lowest BCUT2D eigenvalue weighted by Crippen LogP contribution is -2.35. The van der Waals surface area contributed by atoms with Crippen molar-refractivity contribution in [2.45, 2.75) is 33.3 Å². The third kappa shape index (κ3) is 2.77. The minimum atomic E-state index is -0.560. The third-order valence-corrected chi connectivity index (χ3v) is 7.11. The normalized spacial score (nSPS) is 17.7. The minimum absolute atomic E-state index is 0.0761. The van der Waals surface area contributed by atoms with E-state index in [4.69, 9.17) is 16.3 Å². The van der Waals surface area contributed by atoms with Gasteiger partial charge < -0.3 is 9.30 Å². The van der Waals surface area contributed by atoms with E-state index in [2.05, 4.69) is 28.8 Å². The maximum absolute atomic E-state index is 13.7. The molecule has 2 aliphatic rings. The summed E-state index contributed by atoms with van der Waals surface area (Å²) < 4.78 is 8.04. The number of fused-ring (bicyclic) bond motifs is 5. The van der Waals surface area contributed by atoms with Gasteiger partial charge in [-0.2, -0.15) is 0 Å². The summed E-state index contributed by atoms with van der Waals surface area (Å²) in [5.41, 5.74) is 5.77. The Hall–Kier alpha value is -3.37. The van der Waals surface area contributed by atoms with Gasteiger partial charge in [-0.25, -0.2) is 0 Å². The molecule has 3 aromatic carbocycles. The zero-order chi connectivity index (χ0) is 23.1. The van der Waals surface area contributed by atoms with Crippen LogP contribution in [0.1, 0.15) is 49.3 Å². The Kier molecular flexibility index (Phi) is 4.18. The molecular formula is C28H22ClNO3. The van der Waals surface area contributed by atoms with E-state index in [1.807, 2.05) is 50.2 Å². The minimum Gasteiger partial charge on any atom is -0.455 e. The van der Waals surface area contributed by atoms with E-state index in [0.717, 1.165) is 44.5 Å². The first-order chi connectivity index (χ1) is 15.8. The number of esters is 1. The lowest BCUT2D eigenvalue weighted by atomic mass is 9.72. The van der Waals surface area contributed by atoms with Crippen LogP contribution in [-0.4, -0.2) is 16.3 Å². The zero-order valence-corrected chi connectivity index (χ0v) is 19.4. The Bertz CT molecular complexity index is 1490.